The molecule has 0 aliphatic rings. The lowest BCUT2D eigenvalue weighted by Gasteiger charge is -2.07. The third kappa shape index (κ3) is 5.30. The summed E-state index contributed by atoms with van der Waals surface area (Å²) in [5.74, 6) is 0.942. The molecule has 0 radical (unpaired) electrons. The topological polar surface area (TPSA) is 138 Å². The van der Waals surface area contributed by atoms with Gasteiger partial charge in [0.15, 0.2) is 11.5 Å². The Bertz CT molecular complexity index is 918. The van der Waals surface area contributed by atoms with Crippen LogP contribution >= 0.6 is 0 Å². The van der Waals surface area contributed by atoms with Gasteiger partial charge >= 0.3 is 0 Å². The molecule has 0 heterocycles. The SMILES string of the molecule is COc1ccc(/C=C/C(=N/N=C(N)N)c2cccc([N+](=O)[O-])c2)cc1OC. The van der Waals surface area contributed by atoms with Crippen LogP contribution in [0.5, 0.6) is 11.5 Å². The van der Waals surface area contributed by atoms with Crippen molar-refractivity contribution in [1.82, 2.24) is 0 Å². The number of nitrogens with zero attached hydrogens (tertiary/aromatic N) is 3. The maximum absolute atomic E-state index is 11.0. The van der Waals surface area contributed by atoms with Crippen LogP contribution in [-0.2, 0) is 0 Å². The zero-order valence-corrected chi connectivity index (χ0v) is 14.8. The molecule has 2 aromatic carbocycles. The van der Waals surface area contributed by atoms with Gasteiger partial charge in [-0.15, -0.1) is 10.2 Å². The van der Waals surface area contributed by atoms with Crippen LogP contribution in [0.4, 0.5) is 5.69 Å². The molecule has 0 amide bonds. The van der Waals surface area contributed by atoms with Crippen molar-refractivity contribution < 1.29 is 14.4 Å². The number of nitro groups is 1. The average Bonchev–Trinajstić information content (AvgIpc) is 2.67. The molecule has 2 rings (SSSR count). The number of hydrogen-bond donors (Lipinski definition) is 2. The van der Waals surface area contributed by atoms with Crippen LogP contribution in [0, 0.1) is 10.1 Å². The summed E-state index contributed by atoms with van der Waals surface area (Å²) in [4.78, 5) is 10.5. The minimum atomic E-state index is -0.486. The van der Waals surface area contributed by atoms with Gasteiger partial charge in [0.2, 0.25) is 5.96 Å². The Hall–Kier alpha value is -3.88. The van der Waals surface area contributed by atoms with Crippen molar-refractivity contribution in [2.75, 3.05) is 14.2 Å². The molecule has 0 spiro atoms. The Labute approximate surface area is 155 Å². The maximum atomic E-state index is 11.0. The van der Waals surface area contributed by atoms with E-state index in [-0.39, 0.29) is 11.6 Å². The van der Waals surface area contributed by atoms with Gasteiger partial charge in [-0.2, -0.15) is 0 Å². The van der Waals surface area contributed by atoms with Gasteiger partial charge in [-0.3, -0.25) is 10.1 Å². The van der Waals surface area contributed by atoms with Crippen LogP contribution in [0.25, 0.3) is 6.08 Å². The summed E-state index contributed by atoms with van der Waals surface area (Å²) in [5.41, 5.74) is 12.2. The lowest BCUT2D eigenvalue weighted by molar-refractivity contribution is -0.384. The summed E-state index contributed by atoms with van der Waals surface area (Å²) in [7, 11) is 3.09. The molecule has 2 aromatic rings. The summed E-state index contributed by atoms with van der Waals surface area (Å²) < 4.78 is 10.5. The van der Waals surface area contributed by atoms with Crippen molar-refractivity contribution in [1.29, 1.82) is 0 Å². The van der Waals surface area contributed by atoms with Gasteiger partial charge in [0.25, 0.3) is 5.69 Å². The number of guanidine groups is 1. The van der Waals surface area contributed by atoms with E-state index < -0.39 is 4.92 Å². The smallest absolute Gasteiger partial charge is 0.270 e. The third-order valence-electron chi connectivity index (χ3n) is 3.47. The van der Waals surface area contributed by atoms with Gasteiger partial charge in [0, 0.05) is 17.7 Å². The maximum Gasteiger partial charge on any atom is 0.270 e. The minimum absolute atomic E-state index is 0.0654. The highest BCUT2D eigenvalue weighted by Gasteiger charge is 2.09. The summed E-state index contributed by atoms with van der Waals surface area (Å²) in [6.07, 6.45) is 3.40. The van der Waals surface area contributed by atoms with Crippen LogP contribution in [-0.4, -0.2) is 30.8 Å². The first-order chi connectivity index (χ1) is 12.9. The molecule has 0 aliphatic carbocycles. The molecule has 9 heteroatoms. The van der Waals surface area contributed by atoms with Crippen LogP contribution in [0.1, 0.15) is 11.1 Å². The van der Waals surface area contributed by atoms with Crippen LogP contribution in [0.2, 0.25) is 0 Å². The molecular weight excluding hydrogens is 350 g/mol. The molecule has 0 atom stereocenters. The van der Waals surface area contributed by atoms with Crippen molar-refractivity contribution in [3.05, 3.63) is 69.8 Å². The first-order valence-corrected chi connectivity index (χ1v) is 7.76. The Morgan fingerprint density at radius 3 is 2.44 bits per heavy atom. The van der Waals surface area contributed by atoms with Crippen molar-refractivity contribution in [3.63, 3.8) is 0 Å². The predicted octanol–water partition coefficient (Wildman–Crippen LogP) is 2.30. The number of benzene rings is 2. The number of nitro benzene ring substituents is 1. The molecule has 27 heavy (non-hydrogen) atoms. The Morgan fingerprint density at radius 1 is 1.07 bits per heavy atom. The summed E-state index contributed by atoms with van der Waals surface area (Å²) in [6.45, 7) is 0. The van der Waals surface area contributed by atoms with Gasteiger partial charge in [0.1, 0.15) is 0 Å². The fourth-order valence-electron chi connectivity index (χ4n) is 2.21. The first kappa shape index (κ1) is 19.4. The van der Waals surface area contributed by atoms with Gasteiger partial charge < -0.3 is 20.9 Å². The first-order valence-electron chi connectivity index (χ1n) is 7.76. The van der Waals surface area contributed by atoms with Crippen molar-refractivity contribution in [2.24, 2.45) is 21.7 Å². The highest BCUT2D eigenvalue weighted by atomic mass is 16.6. The third-order valence-corrected chi connectivity index (χ3v) is 3.47. The zero-order valence-electron chi connectivity index (χ0n) is 14.8. The van der Waals surface area contributed by atoms with E-state index in [1.807, 2.05) is 6.07 Å². The summed E-state index contributed by atoms with van der Waals surface area (Å²) >= 11 is 0. The van der Waals surface area contributed by atoms with Gasteiger partial charge in [-0.25, -0.2) is 0 Å². The molecular formula is C18H19N5O4. The van der Waals surface area contributed by atoms with E-state index in [9.17, 15) is 10.1 Å². The number of allylic oxidation sites excluding steroid dienone is 1. The number of rotatable bonds is 7. The number of nitrogens with two attached hydrogens (primary N) is 2. The molecule has 9 nitrogen and oxygen atoms in total. The lowest BCUT2D eigenvalue weighted by atomic mass is 10.1. The molecule has 0 aliphatic heterocycles. The fourth-order valence-corrected chi connectivity index (χ4v) is 2.21. The molecule has 140 valence electrons. The van der Waals surface area contributed by atoms with Crippen LogP contribution in [0.3, 0.4) is 0 Å². The molecule has 0 unspecified atom stereocenters. The fraction of sp³-hybridized carbons (Fsp3) is 0.111. The van der Waals surface area contributed by atoms with Crippen LogP contribution in [0.15, 0.2) is 58.7 Å². The molecule has 0 bridgehead atoms. The van der Waals surface area contributed by atoms with E-state index >= 15 is 0 Å². The van der Waals surface area contributed by atoms with E-state index in [4.69, 9.17) is 20.9 Å². The Kier molecular flexibility index (Phi) is 6.48. The minimum Gasteiger partial charge on any atom is -0.493 e. The Morgan fingerprint density at radius 2 is 1.81 bits per heavy atom. The molecule has 0 aromatic heterocycles. The van der Waals surface area contributed by atoms with E-state index in [2.05, 4.69) is 10.2 Å². The number of non-ortho nitro benzene ring substituents is 1. The van der Waals surface area contributed by atoms with E-state index in [1.165, 1.54) is 12.1 Å². The second kappa shape index (κ2) is 8.99. The predicted molar refractivity (Wildman–Crippen MR) is 104 cm³/mol. The van der Waals surface area contributed by atoms with E-state index in [0.717, 1.165) is 5.56 Å². The van der Waals surface area contributed by atoms with Crippen molar-refractivity contribution in [3.8, 4) is 11.5 Å². The largest absolute Gasteiger partial charge is 0.493 e. The Balaban J connectivity index is 2.43. The number of methoxy groups -OCH3 is 2. The molecule has 0 fully saturated rings. The number of hydrogen-bond acceptors (Lipinski definition) is 6. The van der Waals surface area contributed by atoms with E-state index in [0.29, 0.717) is 22.8 Å². The molecule has 0 saturated heterocycles. The van der Waals surface area contributed by atoms with Crippen molar-refractivity contribution in [2.45, 2.75) is 0 Å². The summed E-state index contributed by atoms with van der Waals surface area (Å²) in [5, 5.41) is 18.6. The quantitative estimate of drug-likeness (QED) is 0.332. The van der Waals surface area contributed by atoms with Gasteiger partial charge in [-0.05, 0) is 23.8 Å². The number of ether oxygens (including phenoxy) is 2. The zero-order chi connectivity index (χ0) is 19.8. The average molecular weight is 369 g/mol. The summed E-state index contributed by atoms with van der Waals surface area (Å²) in [6, 6.07) is 11.4. The standard InChI is InChI=1S/C18H19N5O4/c1-26-16-9-7-12(10-17(16)27-2)6-8-15(21-22-18(19)20)13-4-3-5-14(11-13)23(24)25/h3-11H,1-2H3,(H4,19,20,22)/b8-6+,21-15-. The second-order valence-electron chi connectivity index (χ2n) is 5.27. The van der Waals surface area contributed by atoms with E-state index in [1.54, 1.807) is 50.6 Å². The monoisotopic (exact) mass is 369 g/mol. The van der Waals surface area contributed by atoms with Gasteiger partial charge in [-0.1, -0.05) is 24.3 Å². The molecule has 0 saturated carbocycles. The van der Waals surface area contributed by atoms with Crippen LogP contribution < -0.4 is 20.9 Å². The normalized spacial score (nSPS) is 11.3. The molecule has 4 N–H and O–H groups in total. The highest BCUT2D eigenvalue weighted by Crippen LogP contribution is 2.28. The van der Waals surface area contributed by atoms with Gasteiger partial charge in [0.05, 0.1) is 24.9 Å². The highest BCUT2D eigenvalue weighted by molar-refractivity contribution is 6.11. The lowest BCUT2D eigenvalue weighted by Crippen LogP contribution is -2.22. The van der Waals surface area contributed by atoms with Crippen molar-refractivity contribution >= 4 is 23.4 Å². The second-order valence-corrected chi connectivity index (χ2v) is 5.27.